The molecule has 6 nitrogen and oxygen atoms in total. The molecule has 0 radical (unpaired) electrons. The van der Waals surface area contributed by atoms with Crippen molar-refractivity contribution < 1.29 is 4.79 Å². The Morgan fingerprint density at radius 3 is 2.62 bits per heavy atom. The zero-order valence-electron chi connectivity index (χ0n) is 20.5. The van der Waals surface area contributed by atoms with Crippen LogP contribution in [0.1, 0.15) is 24.8 Å². The Hall–Kier alpha value is -4.37. The first-order valence-electron chi connectivity index (χ1n) is 13.0. The molecule has 0 spiro atoms. The van der Waals surface area contributed by atoms with Crippen molar-refractivity contribution in [3.63, 3.8) is 0 Å². The van der Waals surface area contributed by atoms with Gasteiger partial charge in [-0.05, 0) is 72.0 Å². The van der Waals surface area contributed by atoms with Crippen LogP contribution < -0.4 is 0 Å². The van der Waals surface area contributed by atoms with Gasteiger partial charge < -0.3 is 14.5 Å². The highest BCUT2D eigenvalue weighted by Crippen LogP contribution is 2.35. The summed E-state index contributed by atoms with van der Waals surface area (Å²) in [6.07, 6.45) is 5.05. The highest BCUT2D eigenvalue weighted by molar-refractivity contribution is 5.87. The number of nitrogens with one attached hydrogen (secondary N) is 1. The number of imidazole rings is 1. The highest BCUT2D eigenvalue weighted by atomic mass is 16.2. The van der Waals surface area contributed by atoms with Crippen molar-refractivity contribution in [2.75, 3.05) is 13.1 Å². The molecule has 182 valence electrons. The van der Waals surface area contributed by atoms with Crippen molar-refractivity contribution >= 4 is 27.8 Å². The summed E-state index contributed by atoms with van der Waals surface area (Å²) in [5.74, 6) is 1.84. The predicted octanol–water partition coefficient (Wildman–Crippen LogP) is 5.98. The maximum atomic E-state index is 12.6. The molecular formula is C31H27N5O. The number of carbonyl (C=O) groups excluding carboxylic acids is 1. The monoisotopic (exact) mass is 485 g/mol. The van der Waals surface area contributed by atoms with Crippen LogP contribution in [0.5, 0.6) is 0 Å². The number of hydrogen-bond donors (Lipinski definition) is 1. The molecule has 0 bridgehead atoms. The molecule has 2 aliphatic rings. The fourth-order valence-electron chi connectivity index (χ4n) is 5.72. The van der Waals surface area contributed by atoms with Crippen molar-refractivity contribution in [1.29, 1.82) is 5.26 Å². The van der Waals surface area contributed by atoms with Gasteiger partial charge in [-0.2, -0.15) is 5.26 Å². The number of carbonyl (C=O) groups is 1. The molecule has 3 heterocycles. The minimum Gasteiger partial charge on any atom is -0.361 e. The number of benzene rings is 3. The fourth-order valence-corrected chi connectivity index (χ4v) is 5.72. The SMILES string of the molecule is N#Cc1cccc2c1nc(-c1ccc(-c3ccc4[nH]ccc4c3)cc1)n2C[C@H]1CCN(C(=O)C2CC2)C1. The highest BCUT2D eigenvalue weighted by Gasteiger charge is 2.36. The van der Waals surface area contributed by atoms with E-state index in [0.717, 1.165) is 72.4 Å². The third kappa shape index (κ3) is 3.88. The van der Waals surface area contributed by atoms with Crippen LogP contribution >= 0.6 is 0 Å². The van der Waals surface area contributed by atoms with Gasteiger partial charge in [-0.25, -0.2) is 4.98 Å². The third-order valence-electron chi connectivity index (χ3n) is 7.89. The Morgan fingerprint density at radius 2 is 1.81 bits per heavy atom. The minimum atomic E-state index is 0.262. The van der Waals surface area contributed by atoms with Crippen LogP contribution in [0.15, 0.2) is 72.9 Å². The van der Waals surface area contributed by atoms with Crippen LogP contribution in [0.2, 0.25) is 0 Å². The zero-order valence-corrected chi connectivity index (χ0v) is 20.5. The number of fused-ring (bicyclic) bond motifs is 2. The Balaban J connectivity index is 1.23. The number of likely N-dealkylation sites (tertiary alicyclic amines) is 1. The van der Waals surface area contributed by atoms with E-state index in [1.807, 2.05) is 18.3 Å². The lowest BCUT2D eigenvalue weighted by atomic mass is 10.0. The van der Waals surface area contributed by atoms with E-state index in [2.05, 4.69) is 75.1 Å². The van der Waals surface area contributed by atoms with Gasteiger partial charge in [0, 0.05) is 42.8 Å². The van der Waals surface area contributed by atoms with Gasteiger partial charge in [0.05, 0.1) is 11.1 Å². The maximum absolute atomic E-state index is 12.6. The molecule has 1 aliphatic carbocycles. The first kappa shape index (κ1) is 21.9. The molecule has 1 aliphatic heterocycles. The topological polar surface area (TPSA) is 77.7 Å². The second kappa shape index (κ2) is 8.63. The smallest absolute Gasteiger partial charge is 0.225 e. The Labute approximate surface area is 215 Å². The first-order chi connectivity index (χ1) is 18.2. The van der Waals surface area contributed by atoms with Gasteiger partial charge in [0.25, 0.3) is 0 Å². The summed E-state index contributed by atoms with van der Waals surface area (Å²) in [5, 5.41) is 10.9. The molecule has 1 amide bonds. The Bertz CT molecular complexity index is 1680. The van der Waals surface area contributed by atoms with Gasteiger partial charge in [-0.3, -0.25) is 4.79 Å². The average Bonchev–Trinajstić information content (AvgIpc) is 3.32. The van der Waals surface area contributed by atoms with Gasteiger partial charge in [-0.15, -0.1) is 0 Å². The van der Waals surface area contributed by atoms with Gasteiger partial charge in [-0.1, -0.05) is 36.4 Å². The van der Waals surface area contributed by atoms with Crippen molar-refractivity contribution in [3.8, 4) is 28.6 Å². The molecule has 3 aromatic carbocycles. The molecule has 0 unspecified atom stereocenters. The Kier molecular flexibility index (Phi) is 5.10. The predicted molar refractivity (Wildman–Crippen MR) is 145 cm³/mol. The summed E-state index contributed by atoms with van der Waals surface area (Å²) in [6, 6.07) is 25.2. The summed E-state index contributed by atoms with van der Waals surface area (Å²) in [6.45, 7) is 2.42. The maximum Gasteiger partial charge on any atom is 0.225 e. The van der Waals surface area contributed by atoms with E-state index >= 15 is 0 Å². The van der Waals surface area contributed by atoms with Crippen LogP contribution in [-0.2, 0) is 11.3 Å². The molecule has 2 fully saturated rings. The van der Waals surface area contributed by atoms with Crippen molar-refractivity contribution in [3.05, 3.63) is 78.5 Å². The molecule has 37 heavy (non-hydrogen) atoms. The standard InChI is InChI=1S/C31H27N5O/c32-17-26-2-1-3-28-29(26)34-30(36(28)19-20-13-15-35(18-20)31(37)23-8-9-23)22-6-4-21(5-7-22)24-10-11-27-25(16-24)12-14-33-27/h1-7,10-12,14,16,20,23,33H,8-9,13,15,18-19H2/t20-/m0/s1. The van der Waals surface area contributed by atoms with Gasteiger partial charge in [0.2, 0.25) is 5.91 Å². The lowest BCUT2D eigenvalue weighted by Crippen LogP contribution is -2.30. The van der Waals surface area contributed by atoms with E-state index < -0.39 is 0 Å². The van der Waals surface area contributed by atoms with Crippen LogP contribution in [0.4, 0.5) is 0 Å². The molecule has 6 heteroatoms. The summed E-state index contributed by atoms with van der Waals surface area (Å²) in [5.41, 5.74) is 6.78. The lowest BCUT2D eigenvalue weighted by molar-refractivity contribution is -0.131. The quantitative estimate of drug-likeness (QED) is 0.333. The number of amides is 1. The number of nitrogens with zero attached hydrogens (tertiary/aromatic N) is 4. The van der Waals surface area contributed by atoms with Gasteiger partial charge in [0.15, 0.2) is 0 Å². The van der Waals surface area contributed by atoms with Crippen molar-refractivity contribution in [2.24, 2.45) is 11.8 Å². The number of hydrogen-bond acceptors (Lipinski definition) is 3. The second-order valence-electron chi connectivity index (χ2n) is 10.4. The fraction of sp³-hybridized carbons (Fsp3) is 0.258. The molecular weight excluding hydrogens is 458 g/mol. The van der Waals surface area contributed by atoms with E-state index in [1.54, 1.807) is 0 Å². The van der Waals surface area contributed by atoms with Crippen LogP contribution in [-0.4, -0.2) is 38.4 Å². The largest absolute Gasteiger partial charge is 0.361 e. The Morgan fingerprint density at radius 1 is 1.00 bits per heavy atom. The normalized spacial score (nSPS) is 17.5. The number of nitriles is 1. The second-order valence-corrected chi connectivity index (χ2v) is 10.4. The van der Waals surface area contributed by atoms with Crippen LogP contribution in [0, 0.1) is 23.2 Å². The summed E-state index contributed by atoms with van der Waals surface area (Å²) >= 11 is 0. The van der Waals surface area contributed by atoms with Crippen molar-refractivity contribution in [2.45, 2.75) is 25.8 Å². The van der Waals surface area contributed by atoms with Gasteiger partial charge >= 0.3 is 0 Å². The zero-order chi connectivity index (χ0) is 24.9. The number of para-hydroxylation sites is 1. The molecule has 1 N–H and O–H groups in total. The van der Waals surface area contributed by atoms with E-state index in [0.29, 0.717) is 17.4 Å². The van der Waals surface area contributed by atoms with E-state index in [9.17, 15) is 10.1 Å². The van der Waals surface area contributed by atoms with E-state index in [4.69, 9.17) is 4.98 Å². The molecule has 5 aromatic rings. The number of rotatable bonds is 5. The van der Waals surface area contributed by atoms with E-state index in [1.165, 1.54) is 10.9 Å². The summed E-state index contributed by atoms with van der Waals surface area (Å²) in [7, 11) is 0. The van der Waals surface area contributed by atoms with Crippen LogP contribution in [0.25, 0.3) is 44.5 Å². The number of aromatic nitrogens is 3. The van der Waals surface area contributed by atoms with Gasteiger partial charge in [0.1, 0.15) is 17.4 Å². The molecule has 7 rings (SSSR count). The third-order valence-corrected chi connectivity index (χ3v) is 7.89. The lowest BCUT2D eigenvalue weighted by Gasteiger charge is -2.18. The van der Waals surface area contributed by atoms with Crippen LogP contribution in [0.3, 0.4) is 0 Å². The first-order valence-corrected chi connectivity index (χ1v) is 13.0. The molecule has 2 aromatic heterocycles. The number of H-pyrrole nitrogens is 1. The molecule has 1 saturated heterocycles. The van der Waals surface area contributed by atoms with Crippen molar-refractivity contribution in [1.82, 2.24) is 19.4 Å². The molecule has 1 saturated carbocycles. The van der Waals surface area contributed by atoms with E-state index in [-0.39, 0.29) is 5.92 Å². The summed E-state index contributed by atoms with van der Waals surface area (Å²) < 4.78 is 2.26. The molecule has 1 atom stereocenters. The minimum absolute atomic E-state index is 0.262. The number of aromatic amines is 1. The average molecular weight is 486 g/mol. The summed E-state index contributed by atoms with van der Waals surface area (Å²) in [4.78, 5) is 22.9.